The van der Waals surface area contributed by atoms with E-state index in [1.807, 2.05) is 56.3 Å². The Morgan fingerprint density at radius 3 is 2.66 bits per heavy atom. The minimum atomic E-state index is -0.106. The molecule has 32 heavy (non-hydrogen) atoms. The van der Waals surface area contributed by atoms with E-state index in [1.54, 1.807) is 0 Å². The standard InChI is InChI=1S/C23H27N5O.CHNS/c1-15-16(2)26-21-8-7-18(13-20(21)22(15)24)27-23(29)19-6-4-3-5-17(19)14-28-11-9-25-10-12-28;2-1-3/h3-8,13,25H,9-12,14H2,1-2H3,(H2,24,26)(H,27,29);3H. The molecule has 0 bridgehead atoms. The molecular weight excluding hydrogens is 420 g/mol. The van der Waals surface area contributed by atoms with E-state index in [-0.39, 0.29) is 5.91 Å². The monoisotopic (exact) mass is 448 g/mol. The molecule has 4 rings (SSSR count). The number of amides is 1. The van der Waals surface area contributed by atoms with Gasteiger partial charge in [0.05, 0.1) is 5.52 Å². The number of fused-ring (bicyclic) bond motifs is 1. The van der Waals surface area contributed by atoms with Crippen LogP contribution in [0.4, 0.5) is 11.4 Å². The van der Waals surface area contributed by atoms with Crippen LogP contribution in [-0.4, -0.2) is 42.0 Å². The normalized spacial score (nSPS) is 13.7. The molecule has 0 aliphatic carbocycles. The van der Waals surface area contributed by atoms with Gasteiger partial charge in [0.1, 0.15) is 5.40 Å². The number of nitriles is 1. The van der Waals surface area contributed by atoms with E-state index in [1.165, 1.54) is 5.40 Å². The second-order valence-corrected chi connectivity index (χ2v) is 7.91. The van der Waals surface area contributed by atoms with Crippen LogP contribution in [0, 0.1) is 24.5 Å². The zero-order valence-electron chi connectivity index (χ0n) is 18.4. The number of rotatable bonds is 4. The third kappa shape index (κ3) is 5.56. The van der Waals surface area contributed by atoms with Crippen LogP contribution in [0.25, 0.3) is 10.9 Å². The van der Waals surface area contributed by atoms with Crippen LogP contribution in [0.5, 0.6) is 0 Å². The summed E-state index contributed by atoms with van der Waals surface area (Å²) in [5, 5.41) is 15.9. The fourth-order valence-electron chi connectivity index (χ4n) is 3.78. The Bertz CT molecular complexity index is 1150. The third-order valence-corrected chi connectivity index (χ3v) is 5.65. The van der Waals surface area contributed by atoms with Gasteiger partial charge in [0.2, 0.25) is 0 Å². The molecule has 0 spiro atoms. The summed E-state index contributed by atoms with van der Waals surface area (Å²) in [4.78, 5) is 20.0. The lowest BCUT2D eigenvalue weighted by molar-refractivity contribution is 0.102. The smallest absolute Gasteiger partial charge is 0.255 e. The van der Waals surface area contributed by atoms with Gasteiger partial charge in [-0.15, -0.1) is 0 Å². The Labute approximate surface area is 194 Å². The molecule has 1 aromatic heterocycles. The number of aryl methyl sites for hydroxylation is 1. The number of hydrogen-bond donors (Lipinski definition) is 4. The second kappa shape index (κ2) is 11.0. The van der Waals surface area contributed by atoms with E-state index in [4.69, 9.17) is 11.0 Å². The number of thiol groups is 1. The van der Waals surface area contributed by atoms with E-state index in [9.17, 15) is 4.79 Å². The molecule has 0 saturated carbocycles. The van der Waals surface area contributed by atoms with Crippen molar-refractivity contribution in [2.75, 3.05) is 37.2 Å². The van der Waals surface area contributed by atoms with Crippen LogP contribution in [0.1, 0.15) is 27.2 Å². The Morgan fingerprint density at radius 2 is 1.94 bits per heavy atom. The molecule has 1 amide bonds. The topological polar surface area (TPSA) is 107 Å². The number of hydrogen-bond acceptors (Lipinski definition) is 7. The van der Waals surface area contributed by atoms with Crippen molar-refractivity contribution < 1.29 is 4.79 Å². The number of piperazine rings is 1. The Morgan fingerprint density at radius 1 is 1.25 bits per heavy atom. The van der Waals surface area contributed by atoms with Crippen molar-refractivity contribution in [2.24, 2.45) is 0 Å². The SMILES string of the molecule is Cc1nc2ccc(NC(=O)c3ccccc3CN3CCNCC3)cc2c(N)c1C.N#CS. The Hall–Kier alpha value is -3.12. The fraction of sp³-hybridized carbons (Fsp3) is 0.292. The van der Waals surface area contributed by atoms with Crippen LogP contribution >= 0.6 is 12.6 Å². The Kier molecular flexibility index (Phi) is 8.06. The number of carbonyl (C=O) groups excluding carboxylic acids is 1. The lowest BCUT2D eigenvalue weighted by Gasteiger charge is -2.27. The summed E-state index contributed by atoms with van der Waals surface area (Å²) >= 11 is 3.09. The van der Waals surface area contributed by atoms with Crippen LogP contribution < -0.4 is 16.4 Å². The molecule has 1 aliphatic heterocycles. The van der Waals surface area contributed by atoms with Crippen molar-refractivity contribution in [3.8, 4) is 5.40 Å². The number of anilines is 2. The molecule has 2 heterocycles. The molecule has 166 valence electrons. The van der Waals surface area contributed by atoms with Crippen LogP contribution in [0.2, 0.25) is 0 Å². The molecule has 1 aliphatic rings. The van der Waals surface area contributed by atoms with Gasteiger partial charge in [-0.3, -0.25) is 14.7 Å². The summed E-state index contributed by atoms with van der Waals surface area (Å²) < 4.78 is 0. The largest absolute Gasteiger partial charge is 0.398 e. The van der Waals surface area contributed by atoms with Gasteiger partial charge in [0, 0.05) is 60.7 Å². The minimum Gasteiger partial charge on any atom is -0.398 e. The molecule has 1 fully saturated rings. The lowest BCUT2D eigenvalue weighted by Crippen LogP contribution is -2.43. The summed E-state index contributed by atoms with van der Waals surface area (Å²) in [6, 6.07) is 13.5. The van der Waals surface area contributed by atoms with Crippen molar-refractivity contribution in [3.63, 3.8) is 0 Å². The summed E-state index contributed by atoms with van der Waals surface area (Å²) in [5.41, 5.74) is 12.2. The quantitative estimate of drug-likeness (QED) is 0.360. The van der Waals surface area contributed by atoms with Crippen molar-refractivity contribution in [1.82, 2.24) is 15.2 Å². The maximum atomic E-state index is 13.0. The van der Waals surface area contributed by atoms with Gasteiger partial charge < -0.3 is 16.4 Å². The number of nitrogens with one attached hydrogen (secondary N) is 2. The summed E-state index contributed by atoms with van der Waals surface area (Å²) in [6.07, 6.45) is 0. The minimum absolute atomic E-state index is 0.106. The summed E-state index contributed by atoms with van der Waals surface area (Å²) in [7, 11) is 0. The first-order valence-electron chi connectivity index (χ1n) is 10.5. The maximum absolute atomic E-state index is 13.0. The van der Waals surface area contributed by atoms with Gasteiger partial charge in [0.15, 0.2) is 0 Å². The number of thiocyanates is 1. The van der Waals surface area contributed by atoms with Gasteiger partial charge in [-0.2, -0.15) is 5.26 Å². The number of aromatic nitrogens is 1. The fourth-order valence-corrected chi connectivity index (χ4v) is 3.78. The van der Waals surface area contributed by atoms with Crippen LogP contribution in [-0.2, 0) is 6.54 Å². The van der Waals surface area contributed by atoms with E-state index >= 15 is 0 Å². The maximum Gasteiger partial charge on any atom is 0.255 e. The highest BCUT2D eigenvalue weighted by Gasteiger charge is 2.16. The molecule has 7 nitrogen and oxygen atoms in total. The van der Waals surface area contributed by atoms with E-state index in [2.05, 4.69) is 33.1 Å². The number of carbonyl (C=O) groups is 1. The first-order valence-corrected chi connectivity index (χ1v) is 10.9. The van der Waals surface area contributed by atoms with E-state index < -0.39 is 0 Å². The molecule has 8 heteroatoms. The number of nitrogens with two attached hydrogens (primary N) is 1. The van der Waals surface area contributed by atoms with E-state index in [0.29, 0.717) is 11.3 Å². The third-order valence-electron chi connectivity index (χ3n) is 5.65. The predicted octanol–water partition coefficient (Wildman–Crippen LogP) is 3.49. The second-order valence-electron chi connectivity index (χ2n) is 7.71. The van der Waals surface area contributed by atoms with Crippen molar-refractivity contribution in [1.29, 1.82) is 5.26 Å². The highest BCUT2D eigenvalue weighted by molar-refractivity contribution is 7.85. The van der Waals surface area contributed by atoms with Crippen molar-refractivity contribution >= 4 is 40.8 Å². The zero-order chi connectivity index (χ0) is 23.1. The molecule has 0 atom stereocenters. The first kappa shape index (κ1) is 23.5. The van der Waals surface area contributed by atoms with Gasteiger partial charge in [-0.25, -0.2) is 0 Å². The van der Waals surface area contributed by atoms with Crippen molar-refractivity contribution in [3.05, 3.63) is 64.8 Å². The lowest BCUT2D eigenvalue weighted by atomic mass is 10.0. The van der Waals surface area contributed by atoms with E-state index in [0.717, 1.165) is 66.1 Å². The highest BCUT2D eigenvalue weighted by Crippen LogP contribution is 2.28. The molecule has 1 saturated heterocycles. The molecule has 3 aromatic rings. The zero-order valence-corrected chi connectivity index (χ0v) is 19.2. The number of benzene rings is 2. The summed E-state index contributed by atoms with van der Waals surface area (Å²) in [5.74, 6) is -0.106. The molecule has 2 aromatic carbocycles. The first-order chi connectivity index (χ1) is 15.4. The average molecular weight is 449 g/mol. The molecule has 0 radical (unpaired) electrons. The number of pyridine rings is 1. The number of nitrogen functional groups attached to an aromatic ring is 1. The highest BCUT2D eigenvalue weighted by atomic mass is 32.1. The summed E-state index contributed by atoms with van der Waals surface area (Å²) in [6.45, 7) is 8.65. The van der Waals surface area contributed by atoms with Gasteiger partial charge in [-0.1, -0.05) is 30.8 Å². The van der Waals surface area contributed by atoms with Crippen molar-refractivity contribution in [2.45, 2.75) is 20.4 Å². The molecular formula is C24H28N6OS. The van der Waals surface area contributed by atoms with Crippen LogP contribution in [0.15, 0.2) is 42.5 Å². The predicted molar refractivity (Wildman–Crippen MR) is 133 cm³/mol. The van der Waals surface area contributed by atoms with Crippen LogP contribution in [0.3, 0.4) is 0 Å². The molecule has 4 N–H and O–H groups in total. The Balaban J connectivity index is 0.000000913. The molecule has 0 unspecified atom stereocenters. The van der Waals surface area contributed by atoms with Gasteiger partial charge in [0.25, 0.3) is 5.91 Å². The van der Waals surface area contributed by atoms with Gasteiger partial charge >= 0.3 is 0 Å². The number of nitrogens with zero attached hydrogens (tertiary/aromatic N) is 3. The van der Waals surface area contributed by atoms with Gasteiger partial charge in [-0.05, 0) is 49.2 Å². The average Bonchev–Trinajstić information content (AvgIpc) is 2.80.